The molecule has 0 unspecified atom stereocenters. The third-order valence-electron chi connectivity index (χ3n) is 2.28. The van der Waals surface area contributed by atoms with Crippen LogP contribution in [0.2, 0.25) is 0 Å². The van der Waals surface area contributed by atoms with Crippen molar-refractivity contribution in [2.45, 2.75) is 13.3 Å². The lowest BCUT2D eigenvalue weighted by Crippen LogP contribution is -2.18. The maximum Gasteiger partial charge on any atom is 0.209 e. The van der Waals surface area contributed by atoms with Crippen LogP contribution in [0.4, 0.5) is 5.69 Å². The molecule has 1 aromatic rings. The molecule has 5 nitrogen and oxygen atoms in total. The number of benzene rings is 1. The molecule has 0 saturated heterocycles. The summed E-state index contributed by atoms with van der Waals surface area (Å²) in [4.78, 5) is 0. The van der Waals surface area contributed by atoms with Crippen LogP contribution in [0, 0.1) is 18.3 Å². The van der Waals surface area contributed by atoms with E-state index in [0.29, 0.717) is 18.5 Å². The second-order valence-electron chi connectivity index (χ2n) is 3.79. The molecular weight excluding hydrogens is 238 g/mol. The molecule has 0 radical (unpaired) electrons. The first-order valence-corrected chi connectivity index (χ1v) is 6.89. The molecule has 3 N–H and O–H groups in total. The van der Waals surface area contributed by atoms with E-state index in [-0.39, 0.29) is 5.75 Å². The van der Waals surface area contributed by atoms with Crippen molar-refractivity contribution in [2.24, 2.45) is 5.14 Å². The number of nitrogens with zero attached hydrogens (tertiary/aromatic N) is 1. The first-order chi connectivity index (χ1) is 7.92. The zero-order chi connectivity index (χ0) is 12.9. The van der Waals surface area contributed by atoms with E-state index in [0.717, 1.165) is 11.3 Å². The number of nitrogens with one attached hydrogen (secondary N) is 1. The van der Waals surface area contributed by atoms with Crippen LogP contribution in [-0.2, 0) is 10.0 Å². The minimum Gasteiger partial charge on any atom is -0.385 e. The Bertz CT molecular complexity index is 532. The van der Waals surface area contributed by atoms with Gasteiger partial charge in [0.2, 0.25) is 10.0 Å². The summed E-state index contributed by atoms with van der Waals surface area (Å²) < 4.78 is 21.4. The Morgan fingerprint density at radius 3 is 2.71 bits per heavy atom. The fourth-order valence-electron chi connectivity index (χ4n) is 1.41. The van der Waals surface area contributed by atoms with Crippen molar-refractivity contribution >= 4 is 15.7 Å². The number of nitrogens with two attached hydrogens (primary N) is 1. The van der Waals surface area contributed by atoms with Gasteiger partial charge in [0.15, 0.2) is 0 Å². The molecule has 0 heterocycles. The number of hydrogen-bond acceptors (Lipinski definition) is 4. The smallest absolute Gasteiger partial charge is 0.209 e. The van der Waals surface area contributed by atoms with E-state index in [4.69, 9.17) is 10.4 Å². The maximum absolute atomic E-state index is 10.7. The van der Waals surface area contributed by atoms with Gasteiger partial charge in [0.25, 0.3) is 0 Å². The molecule has 0 aliphatic rings. The summed E-state index contributed by atoms with van der Waals surface area (Å²) in [6.07, 6.45) is 0.456. The molecule has 0 amide bonds. The van der Waals surface area contributed by atoms with Crippen molar-refractivity contribution in [2.75, 3.05) is 17.6 Å². The Morgan fingerprint density at radius 2 is 2.18 bits per heavy atom. The van der Waals surface area contributed by atoms with E-state index in [1.165, 1.54) is 0 Å². The highest BCUT2D eigenvalue weighted by Gasteiger charge is 2.02. The summed E-state index contributed by atoms with van der Waals surface area (Å²) in [6.45, 7) is 2.38. The van der Waals surface area contributed by atoms with E-state index < -0.39 is 10.0 Å². The van der Waals surface area contributed by atoms with Crippen LogP contribution < -0.4 is 10.5 Å². The summed E-state index contributed by atoms with van der Waals surface area (Å²) in [5.74, 6) is -0.0325. The molecule has 1 aromatic carbocycles. The molecule has 6 heteroatoms. The molecule has 92 valence electrons. The van der Waals surface area contributed by atoms with Gasteiger partial charge in [-0.3, -0.25) is 0 Å². The average Bonchev–Trinajstić information content (AvgIpc) is 2.23. The SMILES string of the molecule is Cc1cc(NCCCS(N)(=O)=O)ccc1C#N. The largest absolute Gasteiger partial charge is 0.385 e. The molecule has 17 heavy (non-hydrogen) atoms. The Labute approximate surface area is 101 Å². The maximum atomic E-state index is 10.7. The van der Waals surface area contributed by atoms with Crippen LogP contribution >= 0.6 is 0 Å². The van der Waals surface area contributed by atoms with E-state index >= 15 is 0 Å². The monoisotopic (exact) mass is 253 g/mol. The number of hydrogen-bond donors (Lipinski definition) is 2. The van der Waals surface area contributed by atoms with E-state index in [1.807, 2.05) is 13.0 Å². The number of primary sulfonamides is 1. The van der Waals surface area contributed by atoms with Crippen molar-refractivity contribution in [3.05, 3.63) is 29.3 Å². The van der Waals surface area contributed by atoms with Gasteiger partial charge in [-0.15, -0.1) is 0 Å². The fraction of sp³-hybridized carbons (Fsp3) is 0.364. The summed E-state index contributed by atoms with van der Waals surface area (Å²) >= 11 is 0. The van der Waals surface area contributed by atoms with Crippen molar-refractivity contribution in [3.8, 4) is 6.07 Å². The topological polar surface area (TPSA) is 96.0 Å². The molecule has 1 rings (SSSR count). The standard InChI is InChI=1S/C11H15N3O2S/c1-9-7-11(4-3-10(9)8-12)14-5-2-6-17(13,15)16/h3-4,7,14H,2,5-6H2,1H3,(H2,13,15,16). The molecule has 0 saturated carbocycles. The van der Waals surface area contributed by atoms with Gasteiger partial charge >= 0.3 is 0 Å². The van der Waals surface area contributed by atoms with Crippen LogP contribution in [0.25, 0.3) is 0 Å². The highest BCUT2D eigenvalue weighted by atomic mass is 32.2. The van der Waals surface area contributed by atoms with Gasteiger partial charge in [-0.25, -0.2) is 13.6 Å². The van der Waals surface area contributed by atoms with Crippen molar-refractivity contribution in [1.29, 1.82) is 5.26 Å². The van der Waals surface area contributed by atoms with Crippen LogP contribution in [0.5, 0.6) is 0 Å². The fourth-order valence-corrected chi connectivity index (χ4v) is 1.95. The first kappa shape index (κ1) is 13.5. The van der Waals surface area contributed by atoms with Gasteiger partial charge < -0.3 is 5.32 Å². The first-order valence-electron chi connectivity index (χ1n) is 5.17. The molecule has 0 fully saturated rings. The Hall–Kier alpha value is -1.58. The zero-order valence-corrected chi connectivity index (χ0v) is 10.4. The highest BCUT2D eigenvalue weighted by molar-refractivity contribution is 7.89. The Kier molecular flexibility index (Phi) is 4.49. The van der Waals surface area contributed by atoms with Crippen LogP contribution in [-0.4, -0.2) is 20.7 Å². The van der Waals surface area contributed by atoms with E-state index in [9.17, 15) is 8.42 Å². The summed E-state index contributed by atoms with van der Waals surface area (Å²) in [5.41, 5.74) is 2.40. The molecular formula is C11H15N3O2S. The molecule has 0 spiro atoms. The second-order valence-corrected chi connectivity index (χ2v) is 5.52. The summed E-state index contributed by atoms with van der Waals surface area (Å²) in [7, 11) is -3.38. The minimum absolute atomic E-state index is 0.0325. The average molecular weight is 253 g/mol. The van der Waals surface area contributed by atoms with Gasteiger partial charge in [0, 0.05) is 12.2 Å². The van der Waals surface area contributed by atoms with Crippen molar-refractivity contribution in [3.63, 3.8) is 0 Å². The predicted octanol–water partition coefficient (Wildman–Crippen LogP) is 0.957. The normalized spacial score (nSPS) is 10.9. The van der Waals surface area contributed by atoms with Gasteiger partial charge in [-0.2, -0.15) is 5.26 Å². The Morgan fingerprint density at radius 1 is 1.47 bits per heavy atom. The van der Waals surface area contributed by atoms with Crippen molar-refractivity contribution < 1.29 is 8.42 Å². The second kappa shape index (κ2) is 5.66. The highest BCUT2D eigenvalue weighted by Crippen LogP contribution is 2.14. The number of sulfonamides is 1. The van der Waals surface area contributed by atoms with Gasteiger partial charge in [-0.1, -0.05) is 0 Å². The van der Waals surface area contributed by atoms with Crippen LogP contribution in [0.3, 0.4) is 0 Å². The predicted molar refractivity (Wildman–Crippen MR) is 67.0 cm³/mol. The third kappa shape index (κ3) is 4.85. The third-order valence-corrected chi connectivity index (χ3v) is 3.14. The number of nitriles is 1. The summed E-state index contributed by atoms with van der Waals surface area (Å²) in [6, 6.07) is 7.47. The Balaban J connectivity index is 2.48. The quantitative estimate of drug-likeness (QED) is 0.764. The molecule has 0 bridgehead atoms. The van der Waals surface area contributed by atoms with Crippen LogP contribution in [0.1, 0.15) is 17.5 Å². The molecule has 0 aliphatic carbocycles. The lowest BCUT2D eigenvalue weighted by atomic mass is 10.1. The summed E-state index contributed by atoms with van der Waals surface area (Å²) in [5, 5.41) is 16.7. The number of rotatable bonds is 5. The van der Waals surface area contributed by atoms with Crippen molar-refractivity contribution in [1.82, 2.24) is 0 Å². The van der Waals surface area contributed by atoms with Gasteiger partial charge in [0.1, 0.15) is 0 Å². The van der Waals surface area contributed by atoms with Gasteiger partial charge in [0.05, 0.1) is 17.4 Å². The number of anilines is 1. The van der Waals surface area contributed by atoms with E-state index in [1.54, 1.807) is 12.1 Å². The van der Waals surface area contributed by atoms with Gasteiger partial charge in [-0.05, 0) is 37.1 Å². The van der Waals surface area contributed by atoms with Crippen LogP contribution in [0.15, 0.2) is 18.2 Å². The molecule has 0 aliphatic heterocycles. The number of aryl methyl sites for hydroxylation is 1. The minimum atomic E-state index is -3.38. The lowest BCUT2D eigenvalue weighted by Gasteiger charge is -2.07. The zero-order valence-electron chi connectivity index (χ0n) is 9.60. The molecule has 0 aromatic heterocycles. The molecule has 0 atom stereocenters. The van der Waals surface area contributed by atoms with E-state index in [2.05, 4.69) is 11.4 Å². The lowest BCUT2D eigenvalue weighted by molar-refractivity contribution is 0.596.